The normalized spacial score (nSPS) is 47.1. The van der Waals surface area contributed by atoms with Crippen LogP contribution in [-0.2, 0) is 19.6 Å². The van der Waals surface area contributed by atoms with Crippen LogP contribution in [0, 0.1) is 0 Å². The zero-order chi connectivity index (χ0) is 33.1. The minimum atomic E-state index is 0.648. The van der Waals surface area contributed by atoms with Crippen LogP contribution in [0.1, 0.15) is 16.7 Å². The number of benzene rings is 1. The van der Waals surface area contributed by atoms with Gasteiger partial charge in [-0.2, -0.15) is 0 Å². The largest absolute Gasteiger partial charge is 0.300 e. The first-order chi connectivity index (χ1) is 25.1. The average molecular weight is 700 g/mol. The Morgan fingerprint density at radius 1 is 0.314 bits per heavy atom. The van der Waals surface area contributed by atoms with Crippen molar-refractivity contribution in [3.05, 3.63) is 34.9 Å². The number of nitrogens with zero attached hydrogens (tertiary/aromatic N) is 12. The van der Waals surface area contributed by atoms with Crippen molar-refractivity contribution < 1.29 is 13.4 Å². The van der Waals surface area contributed by atoms with E-state index >= 15 is 0 Å². The third kappa shape index (κ3) is 4.28. The van der Waals surface area contributed by atoms with Gasteiger partial charge in [-0.15, -0.1) is 0 Å². The maximum absolute atomic E-state index is 2.92. The third-order valence-corrected chi connectivity index (χ3v) is 17.5. The Morgan fingerprint density at radius 2 is 0.529 bits per heavy atom. The first-order valence-electron chi connectivity index (χ1n) is 21.4. The Morgan fingerprint density at radius 3 is 0.804 bits per heavy atom. The van der Waals surface area contributed by atoms with E-state index in [4.69, 9.17) is 0 Å². The number of piperazine rings is 6. The highest BCUT2D eigenvalue weighted by atomic mass is 15.7. The van der Waals surface area contributed by atoms with Crippen LogP contribution in [0.5, 0.6) is 0 Å². The predicted octanol–water partition coefficient (Wildman–Crippen LogP) is -1.53. The SMILES string of the molecule is c1c(C[N+]23CCN4CCN5CCN(CC2)C3C54)cc(C[N+]23CCN4CCN5CCN(CC2)C3C54)cc1C[N+]12CCN3CCN4CCN(CC1)C2C43. The number of hydrogen-bond acceptors (Lipinski definition) is 9. The van der Waals surface area contributed by atoms with E-state index < -0.39 is 0 Å². The van der Waals surface area contributed by atoms with Crippen molar-refractivity contribution in [1.82, 2.24) is 44.1 Å². The Kier molecular flexibility index (Phi) is 6.65. The molecule has 0 radical (unpaired) electrons. The van der Waals surface area contributed by atoms with Gasteiger partial charge < -0.3 is 13.4 Å². The lowest BCUT2D eigenvalue weighted by Crippen LogP contribution is -2.73. The van der Waals surface area contributed by atoms with Crippen molar-refractivity contribution in [1.29, 1.82) is 0 Å². The second-order valence-electron chi connectivity index (χ2n) is 19.4. The molecule has 12 heteroatoms. The molecule has 1 aromatic rings. The molecule has 0 aliphatic carbocycles. The summed E-state index contributed by atoms with van der Waals surface area (Å²) >= 11 is 0. The van der Waals surface area contributed by atoms with Gasteiger partial charge in [-0.1, -0.05) is 0 Å². The first-order valence-corrected chi connectivity index (χ1v) is 21.4. The van der Waals surface area contributed by atoms with E-state index in [9.17, 15) is 0 Å². The Bertz CT molecular complexity index is 1380. The molecule has 1 aromatic carbocycles. The van der Waals surface area contributed by atoms with Gasteiger partial charge in [0.25, 0.3) is 0 Å². The van der Waals surface area contributed by atoms with Gasteiger partial charge in [0, 0.05) is 115 Å². The van der Waals surface area contributed by atoms with Crippen molar-refractivity contribution in [3.8, 4) is 0 Å². The molecular weight excluding hydrogens is 637 g/mol. The van der Waals surface area contributed by atoms with Crippen LogP contribution >= 0.6 is 0 Å². The van der Waals surface area contributed by atoms with Crippen LogP contribution in [0.3, 0.4) is 0 Å². The molecule has 9 atom stereocenters. The fourth-order valence-corrected chi connectivity index (χ4v) is 15.3. The standard InChI is InChI=1S/C39H63N12/c1-4-43-13-19-49(22-16-46-10-7-40(1)34(43)37(46)49)28-31-25-32(29-50-20-14-44-5-2-41-8-11-47(17-23-50)38(50)35(41)44)27-33(26-31)30-51-21-15-45-6-3-42-9-12-48(18-24-51)39(51)36(42)45/h25-27,34-39H,1-24,28-30H2/q+3. The Balaban J connectivity index is 0.878. The van der Waals surface area contributed by atoms with E-state index in [0.29, 0.717) is 37.0 Å². The van der Waals surface area contributed by atoms with E-state index in [1.807, 2.05) is 0 Å². The fraction of sp³-hybridized carbons (Fsp3) is 0.846. The summed E-state index contributed by atoms with van der Waals surface area (Å²) in [6.07, 6.45) is 3.94. The highest BCUT2D eigenvalue weighted by Gasteiger charge is 2.63. The maximum atomic E-state index is 2.92. The quantitative estimate of drug-likeness (QED) is 0.329. The lowest BCUT2D eigenvalue weighted by atomic mass is 9.98. The molecule has 0 spiro atoms. The minimum Gasteiger partial charge on any atom is -0.300 e. The van der Waals surface area contributed by atoms with Crippen molar-refractivity contribution in [3.63, 3.8) is 0 Å². The summed E-state index contributed by atoms with van der Waals surface area (Å²) in [7, 11) is 0. The summed E-state index contributed by atoms with van der Waals surface area (Å²) in [5.74, 6) is 0. The molecule has 51 heavy (non-hydrogen) atoms. The lowest BCUT2D eigenvalue weighted by molar-refractivity contribution is -0.967. The van der Waals surface area contributed by atoms with Gasteiger partial charge in [-0.3, -0.25) is 29.4 Å². The van der Waals surface area contributed by atoms with Crippen molar-refractivity contribution >= 4 is 0 Å². The van der Waals surface area contributed by atoms with E-state index in [0.717, 1.165) is 0 Å². The molecule has 0 N–H and O–H groups in total. The molecule has 12 nitrogen and oxygen atoms in total. The molecule has 0 amide bonds. The van der Waals surface area contributed by atoms with Crippen LogP contribution in [-0.4, -0.2) is 252 Å². The van der Waals surface area contributed by atoms with Gasteiger partial charge in [0.2, 0.25) is 0 Å². The van der Waals surface area contributed by atoms with E-state index in [1.54, 1.807) is 16.7 Å². The topological polar surface area (TPSA) is 29.2 Å². The minimum absolute atomic E-state index is 0.648. The second kappa shape index (κ2) is 10.9. The molecule has 0 saturated carbocycles. The van der Waals surface area contributed by atoms with Crippen LogP contribution in [0.2, 0.25) is 0 Å². The summed E-state index contributed by atoms with van der Waals surface area (Å²) in [6.45, 7) is 34.9. The molecule has 12 aliphatic heterocycles. The molecule has 276 valence electrons. The third-order valence-electron chi connectivity index (χ3n) is 17.5. The highest BCUT2D eigenvalue weighted by Crippen LogP contribution is 2.44. The van der Waals surface area contributed by atoms with Gasteiger partial charge >= 0.3 is 0 Å². The summed E-state index contributed by atoms with van der Waals surface area (Å²) in [6, 6.07) is 8.31. The molecule has 9 unspecified atom stereocenters. The summed E-state index contributed by atoms with van der Waals surface area (Å²) in [5.41, 5.74) is 5.02. The molecule has 12 saturated heterocycles. The maximum Gasteiger partial charge on any atom is 0.175 e. The zero-order valence-electron chi connectivity index (χ0n) is 31.2. The van der Waals surface area contributed by atoms with Crippen molar-refractivity contribution in [2.24, 2.45) is 0 Å². The van der Waals surface area contributed by atoms with Gasteiger partial charge in [-0.25, -0.2) is 14.7 Å². The second-order valence-corrected chi connectivity index (χ2v) is 19.4. The van der Waals surface area contributed by atoms with Crippen molar-refractivity contribution in [2.75, 3.05) is 157 Å². The predicted molar refractivity (Wildman–Crippen MR) is 194 cm³/mol. The number of quaternary nitrogens is 3. The zero-order valence-corrected chi connectivity index (χ0v) is 31.2. The molecular formula is C39H63N12+3. The van der Waals surface area contributed by atoms with E-state index in [-0.39, 0.29) is 0 Å². The van der Waals surface area contributed by atoms with Gasteiger partial charge in [0.15, 0.2) is 18.5 Å². The smallest absolute Gasteiger partial charge is 0.175 e. The highest BCUT2D eigenvalue weighted by molar-refractivity contribution is 5.30. The number of rotatable bonds is 6. The summed E-state index contributed by atoms with van der Waals surface area (Å²) in [5, 5.41) is 0. The van der Waals surface area contributed by atoms with E-state index in [1.165, 1.54) is 190 Å². The monoisotopic (exact) mass is 700 g/mol. The van der Waals surface area contributed by atoms with Gasteiger partial charge in [0.1, 0.15) is 38.1 Å². The molecule has 12 aliphatic rings. The van der Waals surface area contributed by atoms with Crippen molar-refractivity contribution in [2.45, 2.75) is 56.6 Å². The van der Waals surface area contributed by atoms with E-state index in [2.05, 4.69) is 62.3 Å². The summed E-state index contributed by atoms with van der Waals surface area (Å²) in [4.78, 5) is 25.9. The lowest BCUT2D eigenvalue weighted by Gasteiger charge is -2.54. The summed E-state index contributed by atoms with van der Waals surface area (Å²) < 4.78 is 3.93. The van der Waals surface area contributed by atoms with Gasteiger partial charge in [-0.05, 0) is 18.2 Å². The van der Waals surface area contributed by atoms with Crippen LogP contribution in [0.4, 0.5) is 0 Å². The Labute approximate surface area is 305 Å². The fourth-order valence-electron chi connectivity index (χ4n) is 15.3. The molecule has 0 bridgehead atoms. The average Bonchev–Trinajstić information content (AvgIpc) is 3.99. The number of hydrogen-bond donors (Lipinski definition) is 0. The molecule has 13 rings (SSSR count). The van der Waals surface area contributed by atoms with Crippen LogP contribution < -0.4 is 0 Å². The molecule has 12 heterocycles. The van der Waals surface area contributed by atoms with Gasteiger partial charge in [0.05, 0.1) is 58.9 Å². The molecule has 12 fully saturated rings. The van der Waals surface area contributed by atoms with Crippen LogP contribution in [0.15, 0.2) is 18.2 Å². The molecule has 0 aromatic heterocycles. The van der Waals surface area contributed by atoms with Crippen LogP contribution in [0.25, 0.3) is 0 Å². The Hall–Kier alpha value is -1.26. The first kappa shape index (κ1) is 31.0.